The molecule has 1 aliphatic carbocycles. The zero-order valence-corrected chi connectivity index (χ0v) is 13.5. The molecule has 116 valence electrons. The molecule has 0 aromatic carbocycles. The van der Waals surface area contributed by atoms with Crippen LogP contribution in [0.3, 0.4) is 0 Å². The molecule has 2 nitrogen and oxygen atoms in total. The zero-order valence-electron chi connectivity index (χ0n) is 13.5. The molecule has 1 N–H and O–H groups in total. The van der Waals surface area contributed by atoms with Gasteiger partial charge in [0.1, 0.15) is 5.76 Å². The van der Waals surface area contributed by atoms with Gasteiger partial charge in [-0.05, 0) is 43.7 Å². The van der Waals surface area contributed by atoms with Crippen LogP contribution in [0.25, 0.3) is 0 Å². The second-order valence-electron chi connectivity index (χ2n) is 6.60. The molecule has 0 aromatic rings. The van der Waals surface area contributed by atoms with E-state index in [2.05, 4.69) is 25.2 Å². The largest absolute Gasteiger partial charge is 0.496 e. The highest BCUT2D eigenvalue weighted by atomic mass is 16.5. The molecule has 0 saturated heterocycles. The number of rotatable bonds is 8. The molecule has 2 heteroatoms. The molecule has 1 atom stereocenters. The van der Waals surface area contributed by atoms with Gasteiger partial charge in [0.25, 0.3) is 0 Å². The summed E-state index contributed by atoms with van der Waals surface area (Å²) in [6, 6.07) is 0.490. The van der Waals surface area contributed by atoms with Crippen molar-refractivity contribution in [2.24, 2.45) is 11.8 Å². The molecule has 1 saturated carbocycles. The summed E-state index contributed by atoms with van der Waals surface area (Å²) < 4.78 is 5.86. The molecule has 2 rings (SSSR count). The minimum Gasteiger partial charge on any atom is -0.496 e. The number of hydrogen-bond donors (Lipinski definition) is 1. The Hall–Kier alpha value is -0.500. The number of unbranched alkanes of at least 4 members (excludes halogenated alkanes) is 1. The van der Waals surface area contributed by atoms with Gasteiger partial charge in [-0.25, -0.2) is 0 Å². The standard InChI is InChI=1S/C18H33NO/c1-3-5-7-15-9-11-16(12-10-15)18(19-13-4-2)17-8-6-14-20-17/h8,15-16,18-19H,3-7,9-14H2,1-2H3. The maximum absolute atomic E-state index is 5.86. The number of hydrogen-bond acceptors (Lipinski definition) is 2. The van der Waals surface area contributed by atoms with E-state index in [-0.39, 0.29) is 0 Å². The predicted molar refractivity (Wildman–Crippen MR) is 85.7 cm³/mol. The SMILES string of the molecule is CCCCC1CCC(C(NCCC)C2=CCCO2)CC1. The second kappa shape index (κ2) is 8.71. The van der Waals surface area contributed by atoms with Gasteiger partial charge in [-0.3, -0.25) is 0 Å². The molecular weight excluding hydrogens is 246 g/mol. The Kier molecular flexibility index (Phi) is 6.92. The Labute approximate surface area is 125 Å². The lowest BCUT2D eigenvalue weighted by molar-refractivity contribution is 0.160. The van der Waals surface area contributed by atoms with Crippen LogP contribution in [0.4, 0.5) is 0 Å². The summed E-state index contributed by atoms with van der Waals surface area (Å²) in [4.78, 5) is 0. The van der Waals surface area contributed by atoms with E-state index < -0.39 is 0 Å². The van der Waals surface area contributed by atoms with Crippen molar-refractivity contribution in [3.05, 3.63) is 11.8 Å². The number of nitrogens with one attached hydrogen (secondary N) is 1. The van der Waals surface area contributed by atoms with Crippen molar-refractivity contribution in [2.75, 3.05) is 13.2 Å². The van der Waals surface area contributed by atoms with E-state index in [0.29, 0.717) is 6.04 Å². The summed E-state index contributed by atoms with van der Waals surface area (Å²) in [5.41, 5.74) is 0. The summed E-state index contributed by atoms with van der Waals surface area (Å²) in [5, 5.41) is 3.75. The van der Waals surface area contributed by atoms with Crippen molar-refractivity contribution < 1.29 is 4.74 Å². The van der Waals surface area contributed by atoms with E-state index in [1.54, 1.807) is 0 Å². The maximum Gasteiger partial charge on any atom is 0.109 e. The van der Waals surface area contributed by atoms with Crippen LogP contribution in [0.15, 0.2) is 11.8 Å². The topological polar surface area (TPSA) is 21.3 Å². The molecule has 1 unspecified atom stereocenters. The van der Waals surface area contributed by atoms with Gasteiger partial charge in [0.15, 0.2) is 0 Å². The average molecular weight is 279 g/mol. The second-order valence-corrected chi connectivity index (χ2v) is 6.60. The van der Waals surface area contributed by atoms with E-state index in [9.17, 15) is 0 Å². The van der Waals surface area contributed by atoms with Crippen LogP contribution in [-0.4, -0.2) is 19.2 Å². The normalized spacial score (nSPS) is 28.0. The highest BCUT2D eigenvalue weighted by molar-refractivity contribution is 5.09. The molecule has 2 aliphatic rings. The fraction of sp³-hybridized carbons (Fsp3) is 0.889. The van der Waals surface area contributed by atoms with Crippen molar-refractivity contribution in [3.8, 4) is 0 Å². The van der Waals surface area contributed by atoms with Gasteiger partial charge < -0.3 is 10.1 Å². The molecule has 0 aromatic heterocycles. The van der Waals surface area contributed by atoms with E-state index in [4.69, 9.17) is 4.74 Å². The zero-order chi connectivity index (χ0) is 14.2. The van der Waals surface area contributed by atoms with Gasteiger partial charge in [0.05, 0.1) is 12.6 Å². The Bertz CT molecular complexity index is 292. The molecule has 1 aliphatic heterocycles. The minimum atomic E-state index is 0.490. The van der Waals surface area contributed by atoms with Crippen LogP contribution in [0.1, 0.15) is 71.6 Å². The van der Waals surface area contributed by atoms with Crippen LogP contribution >= 0.6 is 0 Å². The van der Waals surface area contributed by atoms with Crippen LogP contribution in [0, 0.1) is 11.8 Å². The fourth-order valence-corrected chi connectivity index (χ4v) is 3.76. The summed E-state index contributed by atoms with van der Waals surface area (Å²) in [7, 11) is 0. The molecule has 0 spiro atoms. The van der Waals surface area contributed by atoms with Crippen molar-refractivity contribution in [1.29, 1.82) is 0 Å². The first-order chi connectivity index (χ1) is 9.85. The third-order valence-corrected chi connectivity index (χ3v) is 4.98. The summed E-state index contributed by atoms with van der Waals surface area (Å²) in [5.74, 6) is 3.04. The molecular formula is C18H33NO. The van der Waals surface area contributed by atoms with Crippen molar-refractivity contribution in [2.45, 2.75) is 77.7 Å². The molecule has 20 heavy (non-hydrogen) atoms. The van der Waals surface area contributed by atoms with Crippen molar-refractivity contribution >= 4 is 0 Å². The first-order valence-electron chi connectivity index (χ1n) is 8.91. The first kappa shape index (κ1) is 15.9. The average Bonchev–Trinajstić information content (AvgIpc) is 3.01. The Morgan fingerprint density at radius 2 is 2.00 bits per heavy atom. The fourth-order valence-electron chi connectivity index (χ4n) is 3.76. The summed E-state index contributed by atoms with van der Waals surface area (Å²) >= 11 is 0. The predicted octanol–water partition coefficient (Wildman–Crippen LogP) is 4.66. The van der Waals surface area contributed by atoms with Gasteiger partial charge in [-0.15, -0.1) is 0 Å². The van der Waals surface area contributed by atoms with Crippen LogP contribution in [0.5, 0.6) is 0 Å². The summed E-state index contributed by atoms with van der Waals surface area (Å²) in [6.45, 7) is 6.56. The molecule has 0 amide bonds. The molecule has 0 radical (unpaired) electrons. The van der Waals surface area contributed by atoms with Gasteiger partial charge >= 0.3 is 0 Å². The lowest BCUT2D eigenvalue weighted by Gasteiger charge is -2.34. The van der Waals surface area contributed by atoms with Crippen LogP contribution in [0.2, 0.25) is 0 Å². The van der Waals surface area contributed by atoms with Gasteiger partial charge in [0.2, 0.25) is 0 Å². The Morgan fingerprint density at radius 1 is 1.20 bits per heavy atom. The van der Waals surface area contributed by atoms with Gasteiger partial charge in [-0.1, -0.05) is 46.0 Å². The highest BCUT2D eigenvalue weighted by Gasteiger charge is 2.31. The highest BCUT2D eigenvalue weighted by Crippen LogP contribution is 2.36. The van der Waals surface area contributed by atoms with E-state index in [0.717, 1.165) is 31.4 Å². The monoisotopic (exact) mass is 279 g/mol. The quantitative estimate of drug-likeness (QED) is 0.698. The smallest absolute Gasteiger partial charge is 0.109 e. The van der Waals surface area contributed by atoms with Gasteiger partial charge in [-0.2, -0.15) is 0 Å². The maximum atomic E-state index is 5.86. The summed E-state index contributed by atoms with van der Waals surface area (Å²) in [6.07, 6.45) is 14.5. The van der Waals surface area contributed by atoms with E-state index >= 15 is 0 Å². The minimum absolute atomic E-state index is 0.490. The third-order valence-electron chi connectivity index (χ3n) is 4.98. The lowest BCUT2D eigenvalue weighted by atomic mass is 9.76. The van der Waals surface area contributed by atoms with Gasteiger partial charge in [0, 0.05) is 6.42 Å². The van der Waals surface area contributed by atoms with E-state index in [1.807, 2.05) is 0 Å². The molecule has 1 heterocycles. The molecule has 0 bridgehead atoms. The Morgan fingerprint density at radius 3 is 2.60 bits per heavy atom. The first-order valence-corrected chi connectivity index (χ1v) is 8.91. The molecule has 1 fully saturated rings. The van der Waals surface area contributed by atoms with Crippen molar-refractivity contribution in [1.82, 2.24) is 5.32 Å². The van der Waals surface area contributed by atoms with Crippen LogP contribution in [-0.2, 0) is 4.74 Å². The lowest BCUT2D eigenvalue weighted by Crippen LogP contribution is -2.40. The number of ether oxygens (including phenoxy) is 1. The van der Waals surface area contributed by atoms with E-state index in [1.165, 1.54) is 57.1 Å². The third kappa shape index (κ3) is 4.51. The Balaban J connectivity index is 1.83. The van der Waals surface area contributed by atoms with Crippen molar-refractivity contribution in [3.63, 3.8) is 0 Å². The van der Waals surface area contributed by atoms with Crippen LogP contribution < -0.4 is 5.32 Å².